The molecule has 13 heavy (non-hydrogen) atoms. The predicted molar refractivity (Wildman–Crippen MR) is 67.5 cm³/mol. The molecule has 0 spiro atoms. The fraction of sp³-hybridized carbons (Fsp3) is 0.750. The van der Waals surface area contributed by atoms with Crippen molar-refractivity contribution < 1.29 is 14.7 Å². The van der Waals surface area contributed by atoms with Crippen LogP contribution in [-0.4, -0.2) is 18.3 Å². The van der Waals surface area contributed by atoms with Crippen LogP contribution in [-0.2, 0) is 9.59 Å². The number of alkyl halides is 2. The average molecular weight is 410 g/mol. The highest BCUT2D eigenvalue weighted by Crippen LogP contribution is 2.36. The van der Waals surface area contributed by atoms with Gasteiger partial charge in [-0.15, -0.1) is 0 Å². The monoisotopic (exact) mass is 410 g/mol. The van der Waals surface area contributed by atoms with Gasteiger partial charge in [-0.2, -0.15) is 0 Å². The summed E-state index contributed by atoms with van der Waals surface area (Å²) >= 11 is 4.05. The second-order valence-corrected chi connectivity index (χ2v) is 9.42. The second-order valence-electron chi connectivity index (χ2n) is 3.22. The predicted octanol–water partition coefficient (Wildman–Crippen LogP) is 2.64. The second kappa shape index (κ2) is 5.47. The molecule has 0 atom stereocenters. The molecule has 0 amide bonds. The van der Waals surface area contributed by atoms with E-state index in [0.717, 1.165) is 0 Å². The highest BCUT2D eigenvalue weighted by atomic mass is 127. The molecular formula is C8H12I2O3. The molecule has 3 nitrogen and oxygen atoms in total. The van der Waals surface area contributed by atoms with Crippen LogP contribution in [0, 0.1) is 5.92 Å². The molecule has 76 valence electrons. The maximum atomic E-state index is 11.3. The van der Waals surface area contributed by atoms with E-state index in [9.17, 15) is 9.59 Å². The van der Waals surface area contributed by atoms with Gasteiger partial charge in [0.2, 0.25) is 0 Å². The SMILES string of the molecule is CC(C)C(=O)CC(I)(I)CC(=O)O. The van der Waals surface area contributed by atoms with Crippen LogP contribution < -0.4 is 0 Å². The maximum Gasteiger partial charge on any atom is 0.305 e. The van der Waals surface area contributed by atoms with Gasteiger partial charge in [-0.3, -0.25) is 9.59 Å². The van der Waals surface area contributed by atoms with Crippen molar-refractivity contribution in [1.29, 1.82) is 0 Å². The van der Waals surface area contributed by atoms with E-state index in [2.05, 4.69) is 0 Å². The summed E-state index contributed by atoms with van der Waals surface area (Å²) in [5, 5.41) is 8.58. The normalized spacial score (nSPS) is 11.8. The molecule has 1 N–H and O–H groups in total. The minimum Gasteiger partial charge on any atom is -0.481 e. The molecule has 0 rings (SSSR count). The summed E-state index contributed by atoms with van der Waals surface area (Å²) in [4.78, 5) is 21.8. The summed E-state index contributed by atoms with van der Waals surface area (Å²) in [7, 11) is 0. The largest absolute Gasteiger partial charge is 0.481 e. The van der Waals surface area contributed by atoms with Crippen molar-refractivity contribution in [2.75, 3.05) is 0 Å². The van der Waals surface area contributed by atoms with Crippen LogP contribution in [0.4, 0.5) is 0 Å². The number of Topliss-reactive ketones (excluding diaryl/α,β-unsaturated/α-hetero) is 1. The zero-order valence-electron chi connectivity index (χ0n) is 7.51. The Bertz CT molecular complexity index is 211. The third-order valence-corrected chi connectivity index (χ3v) is 3.01. The van der Waals surface area contributed by atoms with Gasteiger partial charge in [0, 0.05) is 12.3 Å². The van der Waals surface area contributed by atoms with E-state index in [1.807, 2.05) is 59.0 Å². The van der Waals surface area contributed by atoms with Gasteiger partial charge in [-0.05, 0) is 0 Å². The van der Waals surface area contributed by atoms with Gasteiger partial charge in [0.1, 0.15) is 5.78 Å². The highest BCUT2D eigenvalue weighted by molar-refractivity contribution is 14.2. The highest BCUT2D eigenvalue weighted by Gasteiger charge is 2.29. The van der Waals surface area contributed by atoms with Crippen molar-refractivity contribution in [3.63, 3.8) is 0 Å². The summed E-state index contributed by atoms with van der Waals surface area (Å²) in [6.45, 7) is 3.65. The lowest BCUT2D eigenvalue weighted by atomic mass is 10.0. The number of ketones is 1. The number of rotatable bonds is 5. The molecule has 0 unspecified atom stereocenters. The van der Waals surface area contributed by atoms with Gasteiger partial charge in [-0.1, -0.05) is 59.0 Å². The van der Waals surface area contributed by atoms with Crippen LogP contribution in [0.5, 0.6) is 0 Å². The standard InChI is InChI=1S/C8H12I2O3/c1-5(2)6(11)3-8(9,10)4-7(12)13/h5H,3-4H2,1-2H3,(H,12,13). The van der Waals surface area contributed by atoms with Crippen LogP contribution in [0.2, 0.25) is 0 Å². The molecule has 0 saturated heterocycles. The van der Waals surface area contributed by atoms with Crippen molar-refractivity contribution >= 4 is 56.9 Å². The van der Waals surface area contributed by atoms with Gasteiger partial charge in [0.25, 0.3) is 0 Å². The molecule has 0 aliphatic carbocycles. The zero-order valence-corrected chi connectivity index (χ0v) is 11.8. The summed E-state index contributed by atoms with van der Waals surface area (Å²) in [5.41, 5.74) is 0. The summed E-state index contributed by atoms with van der Waals surface area (Å²) in [5.74, 6) is -0.761. The third-order valence-electron chi connectivity index (χ3n) is 1.49. The van der Waals surface area contributed by atoms with E-state index in [-0.39, 0.29) is 18.1 Å². The molecule has 0 heterocycles. The number of hydrogen-bond donors (Lipinski definition) is 1. The lowest BCUT2D eigenvalue weighted by Gasteiger charge is -2.18. The summed E-state index contributed by atoms with van der Waals surface area (Å²) in [6, 6.07) is 0. The number of carbonyl (C=O) groups excluding carboxylic acids is 1. The van der Waals surface area contributed by atoms with Crippen LogP contribution >= 0.6 is 45.2 Å². The van der Waals surface area contributed by atoms with E-state index in [4.69, 9.17) is 5.11 Å². The van der Waals surface area contributed by atoms with Gasteiger partial charge in [0.05, 0.1) is 7.85 Å². The molecular weight excluding hydrogens is 398 g/mol. The van der Waals surface area contributed by atoms with E-state index >= 15 is 0 Å². The Morgan fingerprint density at radius 2 is 1.77 bits per heavy atom. The van der Waals surface area contributed by atoms with Gasteiger partial charge in [-0.25, -0.2) is 0 Å². The Labute approximate surface area is 105 Å². The first-order valence-electron chi connectivity index (χ1n) is 3.87. The smallest absolute Gasteiger partial charge is 0.305 e. The lowest BCUT2D eigenvalue weighted by molar-refractivity contribution is -0.137. The van der Waals surface area contributed by atoms with Crippen molar-refractivity contribution in [1.82, 2.24) is 0 Å². The maximum absolute atomic E-state index is 11.3. The molecule has 0 aromatic rings. The molecule has 0 bridgehead atoms. The number of hydrogen-bond acceptors (Lipinski definition) is 2. The van der Waals surface area contributed by atoms with E-state index < -0.39 is 7.40 Å². The molecule has 0 radical (unpaired) electrons. The molecule has 0 aliphatic rings. The number of carbonyl (C=O) groups is 2. The van der Waals surface area contributed by atoms with Crippen LogP contribution in [0.1, 0.15) is 26.7 Å². The van der Waals surface area contributed by atoms with Gasteiger partial charge >= 0.3 is 5.97 Å². The first-order valence-corrected chi connectivity index (χ1v) is 6.02. The van der Waals surface area contributed by atoms with E-state index in [1.165, 1.54) is 0 Å². The first-order chi connectivity index (χ1) is 5.74. The number of carboxylic acids is 1. The Hall–Kier alpha value is 0.600. The molecule has 0 saturated carbocycles. The Kier molecular flexibility index (Phi) is 5.73. The Morgan fingerprint density at radius 1 is 1.31 bits per heavy atom. The molecule has 0 aromatic carbocycles. The molecule has 0 fully saturated rings. The van der Waals surface area contributed by atoms with Gasteiger partial charge in [0.15, 0.2) is 0 Å². The van der Waals surface area contributed by atoms with Crippen molar-refractivity contribution in [2.24, 2.45) is 5.92 Å². The fourth-order valence-corrected chi connectivity index (χ4v) is 2.15. The Morgan fingerprint density at radius 3 is 2.08 bits per heavy atom. The molecule has 0 aliphatic heterocycles. The van der Waals surface area contributed by atoms with Crippen LogP contribution in [0.3, 0.4) is 0 Å². The summed E-state index contributed by atoms with van der Waals surface area (Å²) < 4.78 is -0.483. The van der Waals surface area contributed by atoms with E-state index in [0.29, 0.717) is 6.42 Å². The minimum atomic E-state index is -0.861. The number of aliphatic carboxylic acids is 1. The van der Waals surface area contributed by atoms with Crippen molar-refractivity contribution in [2.45, 2.75) is 28.1 Å². The zero-order chi connectivity index (χ0) is 10.6. The topological polar surface area (TPSA) is 54.4 Å². The first kappa shape index (κ1) is 13.6. The minimum absolute atomic E-state index is 0.0160. The molecule has 5 heteroatoms. The lowest BCUT2D eigenvalue weighted by Crippen LogP contribution is -2.23. The molecule has 0 aromatic heterocycles. The van der Waals surface area contributed by atoms with Gasteiger partial charge < -0.3 is 5.11 Å². The third kappa shape index (κ3) is 6.64. The number of halogens is 2. The number of carboxylic acid groups (broad SMARTS) is 1. The van der Waals surface area contributed by atoms with Crippen molar-refractivity contribution in [3.05, 3.63) is 0 Å². The van der Waals surface area contributed by atoms with Crippen molar-refractivity contribution in [3.8, 4) is 0 Å². The fourth-order valence-electron chi connectivity index (χ4n) is 0.743. The van der Waals surface area contributed by atoms with E-state index in [1.54, 1.807) is 0 Å². The Balaban J connectivity index is 4.16. The quantitative estimate of drug-likeness (QED) is 0.561. The van der Waals surface area contributed by atoms with Crippen LogP contribution in [0.15, 0.2) is 0 Å². The summed E-state index contributed by atoms with van der Waals surface area (Å²) in [6.07, 6.45) is 0.338. The average Bonchev–Trinajstić information content (AvgIpc) is 1.81. The van der Waals surface area contributed by atoms with Crippen LogP contribution in [0.25, 0.3) is 0 Å².